The molecule has 0 atom stereocenters. The summed E-state index contributed by atoms with van der Waals surface area (Å²) in [5, 5.41) is 10.8. The van der Waals surface area contributed by atoms with E-state index in [1.165, 1.54) is 0 Å². The predicted octanol–water partition coefficient (Wildman–Crippen LogP) is 3.79. The number of carbonyl (C=O) groups excluding carboxylic acids is 1. The molecule has 0 bridgehead atoms. The number of urea groups is 1. The molecule has 2 amide bonds. The highest BCUT2D eigenvalue weighted by Crippen LogP contribution is 2.28. The zero-order valence-electron chi connectivity index (χ0n) is 17.0. The lowest BCUT2D eigenvalue weighted by molar-refractivity contribution is 0.184. The molecule has 0 radical (unpaired) electrons. The van der Waals surface area contributed by atoms with Crippen molar-refractivity contribution in [2.24, 2.45) is 0 Å². The second-order valence-electron chi connectivity index (χ2n) is 7.59. The lowest BCUT2D eigenvalue weighted by Gasteiger charge is -2.33. The zero-order valence-corrected chi connectivity index (χ0v) is 17.0. The van der Waals surface area contributed by atoms with E-state index in [1.807, 2.05) is 43.9 Å². The van der Waals surface area contributed by atoms with Gasteiger partial charge in [-0.15, -0.1) is 10.2 Å². The van der Waals surface area contributed by atoms with E-state index in [2.05, 4.69) is 31.1 Å². The number of fused-ring (bicyclic) bond motifs is 1. The van der Waals surface area contributed by atoms with Gasteiger partial charge in [-0.05, 0) is 51.8 Å². The number of ether oxygens (including phenoxy) is 1. The third-order valence-electron chi connectivity index (χ3n) is 5.12. The van der Waals surface area contributed by atoms with Crippen LogP contribution in [0.5, 0.6) is 5.88 Å². The lowest BCUT2D eigenvalue weighted by Crippen LogP contribution is -2.41. The van der Waals surface area contributed by atoms with Crippen LogP contribution in [0.15, 0.2) is 36.4 Å². The molecule has 1 aromatic carbocycles. The Balaban J connectivity index is 1.36. The molecule has 3 heterocycles. The van der Waals surface area contributed by atoms with E-state index < -0.39 is 0 Å². The predicted molar refractivity (Wildman–Crippen MR) is 111 cm³/mol. The number of imidazole rings is 1. The van der Waals surface area contributed by atoms with Crippen molar-refractivity contribution in [3.05, 3.63) is 42.2 Å². The molecule has 1 aliphatic rings. The molecule has 0 saturated carbocycles. The van der Waals surface area contributed by atoms with Gasteiger partial charge in [-0.2, -0.15) is 0 Å². The largest absolute Gasteiger partial charge is 0.474 e. The first-order valence-corrected chi connectivity index (χ1v) is 10.0. The maximum atomic E-state index is 12.6. The van der Waals surface area contributed by atoms with Crippen LogP contribution in [0.3, 0.4) is 0 Å². The summed E-state index contributed by atoms with van der Waals surface area (Å²) in [6.07, 6.45) is 1.81. The number of nitrogens with zero attached hydrogens (tertiary/aromatic N) is 5. The number of hydrogen-bond acceptors (Lipinski definition) is 5. The van der Waals surface area contributed by atoms with Gasteiger partial charge in [-0.1, -0.05) is 12.1 Å². The van der Waals surface area contributed by atoms with E-state index in [4.69, 9.17) is 4.74 Å². The van der Waals surface area contributed by atoms with Crippen LogP contribution in [0.1, 0.15) is 38.6 Å². The molecule has 8 nitrogen and oxygen atoms in total. The summed E-state index contributed by atoms with van der Waals surface area (Å²) in [4.78, 5) is 19.1. The van der Waals surface area contributed by atoms with Crippen LogP contribution in [0.2, 0.25) is 0 Å². The molecular weight excluding hydrogens is 368 g/mol. The highest BCUT2D eigenvalue weighted by molar-refractivity contribution is 5.88. The second kappa shape index (κ2) is 8.06. The van der Waals surface area contributed by atoms with E-state index in [9.17, 15) is 4.79 Å². The lowest BCUT2D eigenvalue weighted by atomic mass is 10.0. The zero-order chi connectivity index (χ0) is 20.4. The van der Waals surface area contributed by atoms with Gasteiger partial charge in [-0.25, -0.2) is 9.78 Å². The Kier molecular flexibility index (Phi) is 5.33. The van der Waals surface area contributed by atoms with Crippen LogP contribution in [0, 0.1) is 6.92 Å². The van der Waals surface area contributed by atoms with Crippen LogP contribution in [0.25, 0.3) is 11.0 Å². The molecule has 152 valence electrons. The first kappa shape index (κ1) is 19.2. The number of aryl methyl sites for hydroxylation is 1. The van der Waals surface area contributed by atoms with Crippen molar-refractivity contribution in [2.75, 3.05) is 18.4 Å². The first-order chi connectivity index (χ1) is 14.0. The number of amides is 2. The highest BCUT2D eigenvalue weighted by atomic mass is 16.5. The summed E-state index contributed by atoms with van der Waals surface area (Å²) in [6, 6.07) is 11.8. The van der Waals surface area contributed by atoms with E-state index >= 15 is 0 Å². The molecule has 8 heteroatoms. The van der Waals surface area contributed by atoms with E-state index in [-0.39, 0.29) is 12.1 Å². The van der Waals surface area contributed by atoms with Gasteiger partial charge >= 0.3 is 6.03 Å². The van der Waals surface area contributed by atoms with Gasteiger partial charge in [0, 0.05) is 25.2 Å². The average Bonchev–Trinajstić information content (AvgIpc) is 3.05. The number of para-hydroxylation sites is 2. The summed E-state index contributed by atoms with van der Waals surface area (Å²) in [5.41, 5.74) is 2.18. The fourth-order valence-electron chi connectivity index (χ4n) is 3.83. The van der Waals surface area contributed by atoms with Crippen molar-refractivity contribution in [1.82, 2.24) is 24.6 Å². The molecule has 0 aliphatic carbocycles. The number of rotatable bonds is 4. The topological polar surface area (TPSA) is 85.2 Å². The SMILES string of the molecule is Cc1nc2ccccc2n1C1CCN(C(=O)Nc2ccc(OC(C)C)nn2)CC1. The van der Waals surface area contributed by atoms with Crippen molar-refractivity contribution in [1.29, 1.82) is 0 Å². The number of aromatic nitrogens is 4. The average molecular weight is 394 g/mol. The van der Waals surface area contributed by atoms with E-state index in [0.717, 1.165) is 29.7 Å². The van der Waals surface area contributed by atoms with Crippen LogP contribution in [-0.4, -0.2) is 49.9 Å². The van der Waals surface area contributed by atoms with Crippen LogP contribution in [-0.2, 0) is 0 Å². The first-order valence-electron chi connectivity index (χ1n) is 10.0. The quantitative estimate of drug-likeness (QED) is 0.728. The molecule has 0 unspecified atom stereocenters. The molecule has 29 heavy (non-hydrogen) atoms. The molecule has 1 saturated heterocycles. The molecule has 2 aromatic heterocycles. The maximum absolute atomic E-state index is 12.6. The Morgan fingerprint density at radius 2 is 1.90 bits per heavy atom. The maximum Gasteiger partial charge on any atom is 0.323 e. The Morgan fingerprint density at radius 3 is 2.59 bits per heavy atom. The number of hydrogen-bond donors (Lipinski definition) is 1. The molecule has 3 aromatic rings. The summed E-state index contributed by atoms with van der Waals surface area (Å²) < 4.78 is 7.78. The number of piperidine rings is 1. The monoisotopic (exact) mass is 394 g/mol. The van der Waals surface area contributed by atoms with Gasteiger partial charge in [-0.3, -0.25) is 5.32 Å². The molecule has 1 N–H and O–H groups in total. The standard InChI is InChI=1S/C21H26N6O2/c1-14(2)29-20-9-8-19(24-25-20)23-21(28)26-12-10-16(11-13-26)27-15(3)22-17-6-4-5-7-18(17)27/h4-9,14,16H,10-13H2,1-3H3,(H,23,24,28). The number of likely N-dealkylation sites (tertiary alicyclic amines) is 1. The summed E-state index contributed by atoms with van der Waals surface area (Å²) in [7, 11) is 0. The van der Waals surface area contributed by atoms with Crippen molar-refractivity contribution in [2.45, 2.75) is 45.8 Å². The Morgan fingerprint density at radius 1 is 1.14 bits per heavy atom. The molecule has 1 fully saturated rings. The van der Waals surface area contributed by atoms with Crippen molar-refractivity contribution in [3.63, 3.8) is 0 Å². The molecular formula is C21H26N6O2. The Bertz CT molecular complexity index is 990. The van der Waals surface area contributed by atoms with Crippen molar-refractivity contribution in [3.8, 4) is 5.88 Å². The van der Waals surface area contributed by atoms with E-state index in [0.29, 0.717) is 30.8 Å². The van der Waals surface area contributed by atoms with Crippen molar-refractivity contribution < 1.29 is 9.53 Å². The minimum Gasteiger partial charge on any atom is -0.474 e. The van der Waals surface area contributed by atoms with Crippen LogP contribution in [0.4, 0.5) is 10.6 Å². The van der Waals surface area contributed by atoms with Gasteiger partial charge in [0.15, 0.2) is 5.82 Å². The van der Waals surface area contributed by atoms with Gasteiger partial charge in [0.2, 0.25) is 5.88 Å². The summed E-state index contributed by atoms with van der Waals surface area (Å²) >= 11 is 0. The van der Waals surface area contributed by atoms with Gasteiger partial charge < -0.3 is 14.2 Å². The number of carbonyl (C=O) groups is 1. The van der Waals surface area contributed by atoms with Gasteiger partial charge in [0.05, 0.1) is 17.1 Å². The van der Waals surface area contributed by atoms with Crippen LogP contribution < -0.4 is 10.1 Å². The van der Waals surface area contributed by atoms with Gasteiger partial charge in [0.25, 0.3) is 0 Å². The fourth-order valence-corrected chi connectivity index (χ4v) is 3.83. The Labute approximate surface area is 169 Å². The third-order valence-corrected chi connectivity index (χ3v) is 5.12. The number of nitrogens with one attached hydrogen (secondary N) is 1. The minimum atomic E-state index is -0.150. The second-order valence-corrected chi connectivity index (χ2v) is 7.59. The number of anilines is 1. The smallest absolute Gasteiger partial charge is 0.323 e. The fraction of sp³-hybridized carbons (Fsp3) is 0.429. The Hall–Kier alpha value is -3.16. The molecule has 1 aliphatic heterocycles. The molecule has 4 rings (SSSR count). The van der Waals surface area contributed by atoms with Crippen LogP contribution >= 0.6 is 0 Å². The molecule has 0 spiro atoms. The van der Waals surface area contributed by atoms with Gasteiger partial charge in [0.1, 0.15) is 5.82 Å². The minimum absolute atomic E-state index is 0.0299. The third kappa shape index (κ3) is 4.16. The van der Waals surface area contributed by atoms with E-state index in [1.54, 1.807) is 12.1 Å². The summed E-state index contributed by atoms with van der Waals surface area (Å²) in [5.74, 6) is 1.89. The highest BCUT2D eigenvalue weighted by Gasteiger charge is 2.26. The van der Waals surface area contributed by atoms with Crippen molar-refractivity contribution >= 4 is 22.9 Å². The number of benzene rings is 1. The normalized spacial score (nSPS) is 15.1. The summed E-state index contributed by atoms with van der Waals surface area (Å²) in [6.45, 7) is 7.27.